The SMILES string of the molecule is C#Cc1cccc(NC(=O)c2c[nH]ccc2=O)c1. The maximum Gasteiger partial charge on any atom is 0.261 e. The fourth-order valence-corrected chi connectivity index (χ4v) is 1.48. The zero-order valence-corrected chi connectivity index (χ0v) is 9.44. The lowest BCUT2D eigenvalue weighted by Gasteiger charge is -2.04. The largest absolute Gasteiger partial charge is 0.367 e. The van der Waals surface area contributed by atoms with Gasteiger partial charge < -0.3 is 10.3 Å². The van der Waals surface area contributed by atoms with Crippen molar-refractivity contribution in [3.05, 3.63) is 64.1 Å². The van der Waals surface area contributed by atoms with Gasteiger partial charge in [-0.05, 0) is 18.2 Å². The summed E-state index contributed by atoms with van der Waals surface area (Å²) in [6.45, 7) is 0. The van der Waals surface area contributed by atoms with Crippen LogP contribution in [0.25, 0.3) is 0 Å². The number of anilines is 1. The number of hydrogen-bond acceptors (Lipinski definition) is 2. The molecule has 88 valence electrons. The molecular weight excluding hydrogens is 228 g/mol. The van der Waals surface area contributed by atoms with E-state index in [1.165, 1.54) is 18.5 Å². The highest BCUT2D eigenvalue weighted by Gasteiger charge is 2.09. The van der Waals surface area contributed by atoms with Crippen LogP contribution in [0, 0.1) is 12.3 Å². The Kier molecular flexibility index (Phi) is 3.26. The van der Waals surface area contributed by atoms with E-state index in [0.29, 0.717) is 11.3 Å². The highest BCUT2D eigenvalue weighted by Crippen LogP contribution is 2.10. The van der Waals surface area contributed by atoms with Crippen molar-refractivity contribution >= 4 is 11.6 Å². The van der Waals surface area contributed by atoms with Crippen LogP contribution < -0.4 is 10.7 Å². The van der Waals surface area contributed by atoms with Crippen molar-refractivity contribution in [3.8, 4) is 12.3 Å². The van der Waals surface area contributed by atoms with Crippen molar-refractivity contribution in [2.45, 2.75) is 0 Å². The number of aromatic amines is 1. The number of terminal acetylenes is 1. The molecule has 0 atom stereocenters. The molecule has 2 rings (SSSR count). The summed E-state index contributed by atoms with van der Waals surface area (Å²) in [5, 5.41) is 2.62. The molecule has 0 bridgehead atoms. The van der Waals surface area contributed by atoms with Gasteiger partial charge in [-0.3, -0.25) is 9.59 Å². The van der Waals surface area contributed by atoms with Gasteiger partial charge in [0.2, 0.25) is 0 Å². The first-order chi connectivity index (χ1) is 8.70. The Balaban J connectivity index is 2.25. The minimum atomic E-state index is -0.467. The Morgan fingerprint density at radius 2 is 2.17 bits per heavy atom. The minimum absolute atomic E-state index is 0.0589. The molecule has 0 aliphatic rings. The molecule has 2 aromatic rings. The molecule has 1 heterocycles. The highest BCUT2D eigenvalue weighted by atomic mass is 16.2. The summed E-state index contributed by atoms with van der Waals surface area (Å²) < 4.78 is 0. The molecule has 0 aliphatic carbocycles. The van der Waals surface area contributed by atoms with Crippen molar-refractivity contribution in [2.75, 3.05) is 5.32 Å². The highest BCUT2D eigenvalue weighted by molar-refractivity contribution is 6.04. The fourth-order valence-electron chi connectivity index (χ4n) is 1.48. The van der Waals surface area contributed by atoms with E-state index in [2.05, 4.69) is 16.2 Å². The molecule has 2 N–H and O–H groups in total. The van der Waals surface area contributed by atoms with E-state index in [1.807, 2.05) is 0 Å². The number of nitrogens with one attached hydrogen (secondary N) is 2. The van der Waals surface area contributed by atoms with Crippen LogP contribution in [0.4, 0.5) is 5.69 Å². The van der Waals surface area contributed by atoms with E-state index in [9.17, 15) is 9.59 Å². The van der Waals surface area contributed by atoms with Crippen LogP contribution >= 0.6 is 0 Å². The smallest absolute Gasteiger partial charge is 0.261 e. The summed E-state index contributed by atoms with van der Waals surface area (Å²) in [6.07, 6.45) is 8.10. The average Bonchev–Trinajstić information content (AvgIpc) is 2.39. The number of H-pyrrole nitrogens is 1. The maximum atomic E-state index is 11.9. The van der Waals surface area contributed by atoms with Crippen LogP contribution in [0.2, 0.25) is 0 Å². The molecule has 1 aromatic carbocycles. The second kappa shape index (κ2) is 5.02. The lowest BCUT2D eigenvalue weighted by Crippen LogP contribution is -2.20. The Morgan fingerprint density at radius 1 is 1.33 bits per heavy atom. The third kappa shape index (κ3) is 2.47. The van der Waals surface area contributed by atoms with E-state index in [4.69, 9.17) is 6.42 Å². The Bertz CT molecular complexity index is 680. The number of carbonyl (C=O) groups is 1. The minimum Gasteiger partial charge on any atom is -0.367 e. The van der Waals surface area contributed by atoms with Crippen LogP contribution in [0.15, 0.2) is 47.5 Å². The van der Waals surface area contributed by atoms with Gasteiger partial charge in [0, 0.05) is 29.7 Å². The summed E-state index contributed by atoms with van der Waals surface area (Å²) in [5.41, 5.74) is 0.941. The topological polar surface area (TPSA) is 62.0 Å². The molecule has 4 heteroatoms. The Labute approximate surface area is 104 Å². The predicted molar refractivity (Wildman–Crippen MR) is 69.4 cm³/mol. The number of aromatic nitrogens is 1. The normalized spacial score (nSPS) is 9.50. The molecule has 1 aromatic heterocycles. The van der Waals surface area contributed by atoms with Crippen molar-refractivity contribution in [1.82, 2.24) is 4.98 Å². The van der Waals surface area contributed by atoms with E-state index in [1.54, 1.807) is 24.3 Å². The summed E-state index contributed by atoms with van der Waals surface area (Å²) in [4.78, 5) is 26.0. The molecular formula is C14H10N2O2. The molecule has 0 aliphatic heterocycles. The molecule has 4 nitrogen and oxygen atoms in total. The lowest BCUT2D eigenvalue weighted by molar-refractivity contribution is 0.102. The predicted octanol–water partition coefficient (Wildman–Crippen LogP) is 1.61. The Morgan fingerprint density at radius 3 is 2.89 bits per heavy atom. The van der Waals surface area contributed by atoms with Gasteiger partial charge in [-0.1, -0.05) is 12.0 Å². The van der Waals surface area contributed by atoms with Crippen molar-refractivity contribution in [1.29, 1.82) is 0 Å². The van der Waals surface area contributed by atoms with Gasteiger partial charge >= 0.3 is 0 Å². The number of benzene rings is 1. The molecule has 0 saturated heterocycles. The van der Waals surface area contributed by atoms with Crippen LogP contribution in [-0.2, 0) is 0 Å². The standard InChI is InChI=1S/C14H10N2O2/c1-2-10-4-3-5-11(8-10)16-14(18)12-9-15-7-6-13(12)17/h1,3-9H,(H,15,17)(H,16,18). The molecule has 0 fully saturated rings. The Hall–Kier alpha value is -2.80. The van der Waals surface area contributed by atoms with Gasteiger partial charge in [0.15, 0.2) is 5.43 Å². The van der Waals surface area contributed by atoms with Crippen LogP contribution in [0.3, 0.4) is 0 Å². The van der Waals surface area contributed by atoms with Gasteiger partial charge in [0.05, 0.1) is 0 Å². The van der Waals surface area contributed by atoms with Crippen LogP contribution in [0.5, 0.6) is 0 Å². The number of hydrogen-bond donors (Lipinski definition) is 2. The number of pyridine rings is 1. The molecule has 1 amide bonds. The number of amides is 1. The van der Waals surface area contributed by atoms with Gasteiger partial charge in [-0.2, -0.15) is 0 Å². The van der Waals surface area contributed by atoms with Crippen LogP contribution in [0.1, 0.15) is 15.9 Å². The van der Waals surface area contributed by atoms with Crippen molar-refractivity contribution in [3.63, 3.8) is 0 Å². The molecule has 18 heavy (non-hydrogen) atoms. The first-order valence-electron chi connectivity index (χ1n) is 5.26. The quantitative estimate of drug-likeness (QED) is 0.781. The summed E-state index contributed by atoms with van der Waals surface area (Å²) in [6, 6.07) is 8.16. The second-order valence-corrected chi connectivity index (χ2v) is 3.60. The van der Waals surface area contributed by atoms with Gasteiger partial charge in [-0.15, -0.1) is 6.42 Å². The van der Waals surface area contributed by atoms with E-state index < -0.39 is 5.91 Å². The average molecular weight is 238 g/mol. The lowest BCUT2D eigenvalue weighted by atomic mass is 10.2. The number of carbonyl (C=O) groups excluding carboxylic acids is 1. The monoisotopic (exact) mass is 238 g/mol. The summed E-state index contributed by atoms with van der Waals surface area (Å²) in [7, 11) is 0. The van der Waals surface area contributed by atoms with Gasteiger partial charge in [0.25, 0.3) is 5.91 Å². The first-order valence-corrected chi connectivity index (χ1v) is 5.26. The first kappa shape index (κ1) is 11.7. The molecule has 0 spiro atoms. The van der Waals surface area contributed by atoms with Crippen molar-refractivity contribution < 1.29 is 4.79 Å². The van der Waals surface area contributed by atoms with Gasteiger partial charge in [0.1, 0.15) is 5.56 Å². The summed E-state index contributed by atoms with van der Waals surface area (Å²) >= 11 is 0. The number of rotatable bonds is 2. The van der Waals surface area contributed by atoms with Crippen LogP contribution in [-0.4, -0.2) is 10.9 Å². The van der Waals surface area contributed by atoms with E-state index >= 15 is 0 Å². The third-order valence-electron chi connectivity index (χ3n) is 2.36. The zero-order chi connectivity index (χ0) is 13.0. The second-order valence-electron chi connectivity index (χ2n) is 3.60. The molecule has 0 radical (unpaired) electrons. The van der Waals surface area contributed by atoms with E-state index in [-0.39, 0.29) is 11.0 Å². The van der Waals surface area contributed by atoms with E-state index in [0.717, 1.165) is 0 Å². The van der Waals surface area contributed by atoms with Gasteiger partial charge in [-0.25, -0.2) is 0 Å². The molecule has 0 saturated carbocycles. The fraction of sp³-hybridized carbons (Fsp3) is 0. The molecule has 0 unspecified atom stereocenters. The third-order valence-corrected chi connectivity index (χ3v) is 2.36. The maximum absolute atomic E-state index is 11.9. The zero-order valence-electron chi connectivity index (χ0n) is 9.44. The summed E-state index contributed by atoms with van der Waals surface area (Å²) in [5.74, 6) is 2.01. The van der Waals surface area contributed by atoms with Crippen molar-refractivity contribution in [2.24, 2.45) is 0 Å².